The number of aryl methyl sites for hydroxylation is 1. The third-order valence-electron chi connectivity index (χ3n) is 3.95. The molecule has 3 aromatic rings. The van der Waals surface area contributed by atoms with Crippen molar-refractivity contribution in [3.05, 3.63) is 76.9 Å². The molecule has 2 aromatic carbocycles. The number of nitrogens with zero attached hydrogens (tertiary/aromatic N) is 3. The smallest absolute Gasteiger partial charge is 0.240 e. The van der Waals surface area contributed by atoms with Gasteiger partial charge in [0.15, 0.2) is 5.82 Å². The van der Waals surface area contributed by atoms with Crippen molar-refractivity contribution in [1.82, 2.24) is 19.9 Å². The lowest BCUT2D eigenvalue weighted by Gasteiger charge is -2.05. The van der Waals surface area contributed by atoms with E-state index in [1.165, 1.54) is 17.7 Å². The minimum Gasteiger partial charge on any atom is -0.263 e. The predicted octanol–water partition coefficient (Wildman–Crippen LogP) is 2.10. The number of rotatable bonds is 7. The topological polar surface area (TPSA) is 112 Å². The molecule has 0 amide bonds. The maximum absolute atomic E-state index is 12.3. The van der Waals surface area contributed by atoms with Gasteiger partial charge in [-0.3, -0.25) is 5.10 Å². The number of hydrogen-bond donors (Lipinski definition) is 2. The van der Waals surface area contributed by atoms with Crippen molar-refractivity contribution in [2.45, 2.75) is 24.7 Å². The molecule has 7 nitrogen and oxygen atoms in total. The molecule has 0 atom stereocenters. The van der Waals surface area contributed by atoms with Crippen molar-refractivity contribution in [3.8, 4) is 6.07 Å². The van der Waals surface area contributed by atoms with E-state index >= 15 is 0 Å². The van der Waals surface area contributed by atoms with Crippen molar-refractivity contribution < 1.29 is 8.42 Å². The van der Waals surface area contributed by atoms with Crippen molar-refractivity contribution in [2.24, 2.45) is 0 Å². The molecule has 1 aromatic heterocycles. The van der Waals surface area contributed by atoms with Crippen molar-refractivity contribution >= 4 is 10.0 Å². The van der Waals surface area contributed by atoms with E-state index in [2.05, 4.69) is 26.0 Å². The van der Waals surface area contributed by atoms with Crippen LogP contribution in [0.4, 0.5) is 0 Å². The van der Waals surface area contributed by atoms with Gasteiger partial charge in [0.2, 0.25) is 10.0 Å². The number of H-pyrrole nitrogens is 1. The number of nitrogens with one attached hydrogen (secondary N) is 2. The Morgan fingerprint density at radius 3 is 2.78 bits per heavy atom. The summed E-state index contributed by atoms with van der Waals surface area (Å²) in [6.07, 6.45) is 1.00. The van der Waals surface area contributed by atoms with Gasteiger partial charge < -0.3 is 0 Å². The lowest BCUT2D eigenvalue weighted by atomic mass is 10.1. The van der Waals surface area contributed by atoms with Gasteiger partial charge in [0.1, 0.15) is 5.82 Å². The Hall–Kier alpha value is -3.02. The molecule has 0 spiro atoms. The first kappa shape index (κ1) is 18.8. The predicted molar refractivity (Wildman–Crippen MR) is 100 cm³/mol. The van der Waals surface area contributed by atoms with Crippen LogP contribution in [0.2, 0.25) is 0 Å². The van der Waals surface area contributed by atoms with E-state index in [9.17, 15) is 8.42 Å². The number of benzene rings is 2. The summed E-state index contributed by atoms with van der Waals surface area (Å²) in [5, 5.41) is 15.9. The third-order valence-corrected chi connectivity index (χ3v) is 5.40. The highest BCUT2D eigenvalue weighted by molar-refractivity contribution is 7.89. The zero-order valence-corrected chi connectivity index (χ0v) is 15.6. The van der Waals surface area contributed by atoms with Crippen LogP contribution in [-0.2, 0) is 22.9 Å². The Bertz CT molecular complexity index is 1080. The minimum absolute atomic E-state index is 0.0664. The molecular weight excluding hydrogens is 362 g/mol. The van der Waals surface area contributed by atoms with E-state index in [1.807, 2.05) is 31.2 Å². The highest BCUT2D eigenvalue weighted by atomic mass is 32.2. The molecule has 0 aliphatic heterocycles. The Morgan fingerprint density at radius 2 is 2.00 bits per heavy atom. The molecule has 138 valence electrons. The normalized spacial score (nSPS) is 11.3. The third kappa shape index (κ3) is 5.00. The fourth-order valence-corrected chi connectivity index (χ4v) is 3.73. The molecule has 0 aliphatic rings. The largest absolute Gasteiger partial charge is 0.263 e. The molecule has 2 N–H and O–H groups in total. The van der Waals surface area contributed by atoms with Gasteiger partial charge in [-0.15, -0.1) is 0 Å². The first-order valence-electron chi connectivity index (χ1n) is 8.42. The quantitative estimate of drug-likeness (QED) is 0.651. The van der Waals surface area contributed by atoms with Crippen LogP contribution in [0.3, 0.4) is 0 Å². The second-order valence-electron chi connectivity index (χ2n) is 6.15. The summed E-state index contributed by atoms with van der Waals surface area (Å²) in [6, 6.07) is 16.0. The molecule has 0 saturated carbocycles. The van der Waals surface area contributed by atoms with Crippen LogP contribution in [0.1, 0.15) is 28.3 Å². The van der Waals surface area contributed by atoms with E-state index < -0.39 is 10.0 Å². The van der Waals surface area contributed by atoms with Gasteiger partial charge >= 0.3 is 0 Å². The number of aromatic amines is 1. The molecule has 0 unspecified atom stereocenters. The van der Waals surface area contributed by atoms with Gasteiger partial charge in [0.05, 0.1) is 16.5 Å². The van der Waals surface area contributed by atoms with Crippen LogP contribution in [-0.4, -0.2) is 30.1 Å². The summed E-state index contributed by atoms with van der Waals surface area (Å²) < 4.78 is 27.1. The van der Waals surface area contributed by atoms with Crippen molar-refractivity contribution in [3.63, 3.8) is 0 Å². The second kappa shape index (κ2) is 8.12. The van der Waals surface area contributed by atoms with Crippen LogP contribution in [0.25, 0.3) is 0 Å². The van der Waals surface area contributed by atoms with Crippen molar-refractivity contribution in [2.75, 3.05) is 6.54 Å². The molecule has 1 heterocycles. The molecule has 0 radical (unpaired) electrons. The Balaban J connectivity index is 1.58. The van der Waals surface area contributed by atoms with Crippen LogP contribution in [0.5, 0.6) is 0 Å². The van der Waals surface area contributed by atoms with Gasteiger partial charge in [-0.05, 0) is 30.7 Å². The van der Waals surface area contributed by atoms with Crippen molar-refractivity contribution in [1.29, 1.82) is 5.26 Å². The zero-order chi connectivity index (χ0) is 19.3. The average Bonchev–Trinajstić information content (AvgIpc) is 3.09. The lowest BCUT2D eigenvalue weighted by molar-refractivity contribution is 0.581. The summed E-state index contributed by atoms with van der Waals surface area (Å²) in [5.41, 5.74) is 2.62. The van der Waals surface area contributed by atoms with Crippen LogP contribution >= 0.6 is 0 Å². The fraction of sp³-hybridized carbons (Fsp3) is 0.211. The summed E-state index contributed by atoms with van der Waals surface area (Å²) >= 11 is 0. The molecule has 0 bridgehead atoms. The summed E-state index contributed by atoms with van der Waals surface area (Å²) in [6.45, 7) is 2.20. The lowest BCUT2D eigenvalue weighted by Crippen LogP contribution is -2.26. The van der Waals surface area contributed by atoms with E-state index in [1.54, 1.807) is 12.1 Å². The summed E-state index contributed by atoms with van der Waals surface area (Å²) in [7, 11) is -3.68. The Morgan fingerprint density at radius 1 is 1.19 bits per heavy atom. The van der Waals surface area contributed by atoms with Gasteiger partial charge in [0.25, 0.3) is 0 Å². The van der Waals surface area contributed by atoms with Gasteiger partial charge in [0, 0.05) is 19.4 Å². The molecular formula is C19H19N5O2S. The number of hydrogen-bond acceptors (Lipinski definition) is 5. The first-order valence-corrected chi connectivity index (χ1v) is 9.90. The molecule has 0 aliphatic carbocycles. The van der Waals surface area contributed by atoms with Crippen LogP contribution in [0, 0.1) is 18.3 Å². The van der Waals surface area contributed by atoms with E-state index in [4.69, 9.17) is 5.26 Å². The number of aromatic nitrogens is 3. The van der Waals surface area contributed by atoms with Crippen LogP contribution in [0.15, 0.2) is 53.4 Å². The van der Waals surface area contributed by atoms with E-state index in [-0.39, 0.29) is 11.4 Å². The number of nitriles is 1. The fourth-order valence-electron chi connectivity index (χ4n) is 2.65. The molecule has 0 saturated heterocycles. The maximum atomic E-state index is 12.3. The highest BCUT2D eigenvalue weighted by Gasteiger charge is 2.14. The SMILES string of the molecule is Cc1cccc(Cc2nc(CCNS(=O)(=O)c3cccc(C#N)c3)n[nH]2)c1. The monoisotopic (exact) mass is 381 g/mol. The number of sulfonamides is 1. The standard InChI is InChI=1S/C19H19N5O2S/c1-14-4-2-5-15(10-14)12-19-22-18(23-24-19)8-9-21-27(25,26)17-7-3-6-16(11-17)13-20/h2-7,10-11,21H,8-9,12H2,1H3,(H,22,23,24). The first-order chi connectivity index (χ1) is 13.0. The average molecular weight is 381 g/mol. The maximum Gasteiger partial charge on any atom is 0.240 e. The van der Waals surface area contributed by atoms with Gasteiger partial charge in [-0.2, -0.15) is 10.4 Å². The summed E-state index contributed by atoms with van der Waals surface area (Å²) in [5.74, 6) is 1.28. The molecule has 3 rings (SSSR count). The minimum atomic E-state index is -3.68. The Labute approximate surface area is 158 Å². The highest BCUT2D eigenvalue weighted by Crippen LogP contribution is 2.11. The van der Waals surface area contributed by atoms with E-state index in [0.29, 0.717) is 24.2 Å². The van der Waals surface area contributed by atoms with Crippen LogP contribution < -0.4 is 4.72 Å². The molecule has 27 heavy (non-hydrogen) atoms. The molecule has 8 heteroatoms. The Kier molecular flexibility index (Phi) is 5.64. The van der Waals surface area contributed by atoms with Gasteiger partial charge in [-0.1, -0.05) is 35.9 Å². The summed E-state index contributed by atoms with van der Waals surface area (Å²) in [4.78, 5) is 4.48. The van der Waals surface area contributed by atoms with E-state index in [0.717, 1.165) is 11.4 Å². The van der Waals surface area contributed by atoms with Gasteiger partial charge in [-0.25, -0.2) is 18.1 Å². The second-order valence-corrected chi connectivity index (χ2v) is 7.92. The molecule has 0 fully saturated rings. The zero-order valence-electron chi connectivity index (χ0n) is 14.8.